The number of nitrogens with zero attached hydrogens (tertiary/aromatic N) is 1. The van der Waals surface area contributed by atoms with Gasteiger partial charge in [-0.3, -0.25) is 4.98 Å². The number of pyridine rings is 1. The average molecular weight is 402 g/mol. The predicted octanol–water partition coefficient (Wildman–Crippen LogP) is 4.93. The van der Waals surface area contributed by atoms with Crippen molar-refractivity contribution >= 4 is 38.5 Å². The van der Waals surface area contributed by atoms with Gasteiger partial charge in [-0.2, -0.15) is 0 Å². The lowest BCUT2D eigenvalue weighted by atomic mass is 9.97. The molecule has 0 aliphatic rings. The summed E-state index contributed by atoms with van der Waals surface area (Å²) in [6, 6.07) is 14.6. The van der Waals surface area contributed by atoms with E-state index in [4.69, 9.17) is 0 Å². The summed E-state index contributed by atoms with van der Waals surface area (Å²) in [5.74, 6) is 0.356. The number of halogens is 2. The zero-order chi connectivity index (χ0) is 12.3. The minimum Gasteiger partial charge on any atom is -0.261 e. The molecule has 1 nitrogen and oxygen atoms in total. The summed E-state index contributed by atoms with van der Waals surface area (Å²) in [5.41, 5.74) is 2.42. The molecular weight excluding hydrogens is 389 g/mol. The number of benzene rings is 1. The molecular formula is C14H13BrIN. The van der Waals surface area contributed by atoms with Crippen molar-refractivity contribution in [3.05, 3.63) is 63.5 Å². The molecule has 2 aromatic rings. The number of alkyl halides is 1. The first-order valence-electron chi connectivity index (χ1n) is 5.49. The minimum atomic E-state index is 0.298. The van der Waals surface area contributed by atoms with E-state index in [2.05, 4.69) is 80.8 Å². The van der Waals surface area contributed by atoms with E-state index >= 15 is 0 Å². The molecule has 0 saturated heterocycles. The van der Waals surface area contributed by atoms with Crippen molar-refractivity contribution in [1.82, 2.24) is 4.98 Å². The van der Waals surface area contributed by atoms with Crippen LogP contribution < -0.4 is 0 Å². The summed E-state index contributed by atoms with van der Waals surface area (Å²) >= 11 is 6.12. The first kappa shape index (κ1) is 13.0. The zero-order valence-corrected chi connectivity index (χ0v) is 13.2. The molecule has 88 valence electrons. The monoisotopic (exact) mass is 401 g/mol. The van der Waals surface area contributed by atoms with Crippen molar-refractivity contribution in [2.45, 2.75) is 17.7 Å². The van der Waals surface area contributed by atoms with Crippen molar-refractivity contribution in [3.8, 4) is 0 Å². The number of rotatable bonds is 3. The third-order valence-electron chi connectivity index (χ3n) is 2.76. The molecule has 0 N–H and O–H groups in total. The summed E-state index contributed by atoms with van der Waals surface area (Å²) in [6.07, 6.45) is 1.85. The zero-order valence-electron chi connectivity index (χ0n) is 9.48. The Balaban J connectivity index is 2.23. The second-order valence-electron chi connectivity index (χ2n) is 4.00. The maximum atomic E-state index is 4.42. The summed E-state index contributed by atoms with van der Waals surface area (Å²) in [5, 5.41) is 0. The highest BCUT2D eigenvalue weighted by molar-refractivity contribution is 14.1. The van der Waals surface area contributed by atoms with Gasteiger partial charge < -0.3 is 0 Å². The van der Waals surface area contributed by atoms with Crippen molar-refractivity contribution in [1.29, 1.82) is 0 Å². The maximum absolute atomic E-state index is 4.42. The van der Waals surface area contributed by atoms with Crippen LogP contribution in [0.1, 0.15) is 28.9 Å². The number of hydrogen-bond acceptors (Lipinski definition) is 1. The van der Waals surface area contributed by atoms with E-state index in [1.54, 1.807) is 0 Å². The molecule has 1 aromatic heterocycles. The Kier molecular flexibility index (Phi) is 4.56. The molecule has 0 aliphatic heterocycles. The molecule has 1 heterocycles. The summed E-state index contributed by atoms with van der Waals surface area (Å²) in [7, 11) is 0. The Labute approximate surface area is 124 Å². The quantitative estimate of drug-likeness (QED) is 0.525. The predicted molar refractivity (Wildman–Crippen MR) is 83.5 cm³/mol. The smallest absolute Gasteiger partial charge is 0.0476 e. The molecule has 0 amide bonds. The van der Waals surface area contributed by atoms with Gasteiger partial charge in [0.15, 0.2) is 0 Å². The molecule has 0 fully saturated rings. The Morgan fingerprint density at radius 2 is 2.00 bits per heavy atom. The van der Waals surface area contributed by atoms with Crippen LogP contribution in [0.5, 0.6) is 0 Å². The fourth-order valence-corrected chi connectivity index (χ4v) is 2.88. The largest absolute Gasteiger partial charge is 0.261 e. The molecule has 2 unspecified atom stereocenters. The van der Waals surface area contributed by atoms with E-state index in [0.717, 1.165) is 5.69 Å². The lowest BCUT2D eigenvalue weighted by Crippen LogP contribution is -2.04. The molecule has 2 rings (SSSR count). The summed E-state index contributed by atoms with van der Waals surface area (Å²) in [6.45, 7) is 2.20. The minimum absolute atomic E-state index is 0.298. The molecule has 0 aliphatic carbocycles. The van der Waals surface area contributed by atoms with Crippen molar-refractivity contribution < 1.29 is 0 Å². The lowest BCUT2D eigenvalue weighted by molar-refractivity contribution is 0.724. The molecule has 3 heteroatoms. The third-order valence-corrected chi connectivity index (χ3v) is 4.75. The van der Waals surface area contributed by atoms with Gasteiger partial charge in [0.05, 0.1) is 0 Å². The van der Waals surface area contributed by atoms with Crippen LogP contribution in [0.15, 0.2) is 48.7 Å². The molecule has 0 bridgehead atoms. The van der Waals surface area contributed by atoms with Crippen LogP contribution in [-0.2, 0) is 0 Å². The summed E-state index contributed by atoms with van der Waals surface area (Å²) in [4.78, 5) is 4.71. The number of hydrogen-bond donors (Lipinski definition) is 0. The molecule has 0 saturated carbocycles. The number of aromatic nitrogens is 1. The van der Waals surface area contributed by atoms with Crippen LogP contribution >= 0.6 is 38.5 Å². The van der Waals surface area contributed by atoms with E-state index in [9.17, 15) is 0 Å². The van der Waals surface area contributed by atoms with Gasteiger partial charge >= 0.3 is 0 Å². The van der Waals surface area contributed by atoms with E-state index in [0.29, 0.717) is 10.7 Å². The Morgan fingerprint density at radius 1 is 1.18 bits per heavy atom. The van der Waals surface area contributed by atoms with Crippen LogP contribution in [0, 0.1) is 3.57 Å². The van der Waals surface area contributed by atoms with Crippen LogP contribution in [-0.4, -0.2) is 4.98 Å². The van der Waals surface area contributed by atoms with E-state index in [1.807, 2.05) is 18.3 Å². The Morgan fingerprint density at radius 3 is 2.65 bits per heavy atom. The van der Waals surface area contributed by atoms with E-state index < -0.39 is 0 Å². The fraction of sp³-hybridized carbons (Fsp3) is 0.214. The topological polar surface area (TPSA) is 12.9 Å². The van der Waals surface area contributed by atoms with E-state index in [1.165, 1.54) is 9.13 Å². The molecule has 0 spiro atoms. The van der Waals surface area contributed by atoms with Crippen LogP contribution in [0.2, 0.25) is 0 Å². The lowest BCUT2D eigenvalue weighted by Gasteiger charge is -2.18. The van der Waals surface area contributed by atoms with Crippen LogP contribution in [0.3, 0.4) is 0 Å². The molecule has 0 radical (unpaired) electrons. The van der Waals surface area contributed by atoms with Crippen molar-refractivity contribution in [3.63, 3.8) is 0 Å². The SMILES string of the molecule is CC(c1ccccn1)C(Br)c1cccc(I)c1. The van der Waals surface area contributed by atoms with E-state index in [-0.39, 0.29) is 0 Å². The second-order valence-corrected chi connectivity index (χ2v) is 6.23. The van der Waals surface area contributed by atoms with Crippen molar-refractivity contribution in [2.75, 3.05) is 0 Å². The van der Waals surface area contributed by atoms with Gasteiger partial charge in [-0.25, -0.2) is 0 Å². The molecule has 1 aromatic carbocycles. The Bertz CT molecular complexity index is 487. The first-order valence-corrected chi connectivity index (χ1v) is 7.48. The summed E-state index contributed by atoms with van der Waals surface area (Å²) < 4.78 is 1.26. The molecule has 2 atom stereocenters. The van der Waals surface area contributed by atoms with Gasteiger partial charge in [0.2, 0.25) is 0 Å². The average Bonchev–Trinajstić information content (AvgIpc) is 2.38. The third kappa shape index (κ3) is 3.28. The highest BCUT2D eigenvalue weighted by atomic mass is 127. The highest BCUT2D eigenvalue weighted by Crippen LogP contribution is 2.37. The second kappa shape index (κ2) is 5.96. The van der Waals surface area contributed by atoms with Gasteiger partial charge in [0, 0.05) is 26.2 Å². The Hall–Kier alpha value is -0.420. The fourth-order valence-electron chi connectivity index (χ4n) is 1.76. The van der Waals surface area contributed by atoms with Gasteiger partial charge in [-0.1, -0.05) is 41.1 Å². The van der Waals surface area contributed by atoms with Gasteiger partial charge in [0.25, 0.3) is 0 Å². The van der Waals surface area contributed by atoms with Gasteiger partial charge in [-0.15, -0.1) is 0 Å². The van der Waals surface area contributed by atoms with Crippen LogP contribution in [0.4, 0.5) is 0 Å². The first-order chi connectivity index (χ1) is 8.18. The van der Waals surface area contributed by atoms with Crippen molar-refractivity contribution in [2.24, 2.45) is 0 Å². The normalized spacial score (nSPS) is 14.3. The highest BCUT2D eigenvalue weighted by Gasteiger charge is 2.18. The molecule has 17 heavy (non-hydrogen) atoms. The van der Waals surface area contributed by atoms with Crippen LogP contribution in [0.25, 0.3) is 0 Å². The maximum Gasteiger partial charge on any atom is 0.0476 e. The van der Waals surface area contributed by atoms with Gasteiger partial charge in [-0.05, 0) is 52.4 Å². The standard InChI is InChI=1S/C14H13BrIN/c1-10(13-7-2-3-8-17-13)14(15)11-5-4-6-12(16)9-11/h2-10,14H,1H3. The van der Waals surface area contributed by atoms with Gasteiger partial charge in [0.1, 0.15) is 0 Å².